The number of sulfone groups is 1. The van der Waals surface area contributed by atoms with Gasteiger partial charge < -0.3 is 0 Å². The highest BCUT2D eigenvalue weighted by Crippen LogP contribution is 2.30. The molecule has 1 amide bonds. The summed E-state index contributed by atoms with van der Waals surface area (Å²) in [5.41, 5.74) is 2.36. The van der Waals surface area contributed by atoms with E-state index in [2.05, 4.69) is 15.4 Å². The van der Waals surface area contributed by atoms with E-state index in [1.165, 1.54) is 12.3 Å². The molecule has 3 heterocycles. The van der Waals surface area contributed by atoms with Crippen LogP contribution in [-0.4, -0.2) is 58.4 Å². The molecule has 2 fully saturated rings. The molecule has 5 rings (SSSR count). The molecule has 0 radical (unpaired) electrons. The van der Waals surface area contributed by atoms with Crippen LogP contribution in [-0.2, 0) is 21.2 Å². The molecule has 1 aliphatic carbocycles. The lowest BCUT2D eigenvalue weighted by atomic mass is 10.1. The number of hydrogen-bond acceptors (Lipinski definition) is 6. The Labute approximate surface area is 179 Å². The summed E-state index contributed by atoms with van der Waals surface area (Å²) >= 11 is 0. The van der Waals surface area contributed by atoms with Crippen molar-refractivity contribution >= 4 is 27.3 Å². The van der Waals surface area contributed by atoms with Gasteiger partial charge in [-0.1, -0.05) is 18.2 Å². The monoisotopic (exact) mass is 443 g/mol. The van der Waals surface area contributed by atoms with E-state index >= 15 is 0 Å². The van der Waals surface area contributed by atoms with E-state index in [-0.39, 0.29) is 28.8 Å². The van der Waals surface area contributed by atoms with E-state index in [4.69, 9.17) is 0 Å². The average Bonchev–Trinajstić information content (AvgIpc) is 3.44. The van der Waals surface area contributed by atoms with Crippen LogP contribution in [0.1, 0.15) is 18.4 Å². The first kappa shape index (κ1) is 20.1. The molecule has 0 bridgehead atoms. The van der Waals surface area contributed by atoms with Crippen molar-refractivity contribution in [2.75, 3.05) is 24.7 Å². The van der Waals surface area contributed by atoms with E-state index in [1.54, 1.807) is 16.6 Å². The highest BCUT2D eigenvalue weighted by Gasteiger charge is 2.34. The van der Waals surface area contributed by atoms with E-state index < -0.39 is 9.84 Å². The summed E-state index contributed by atoms with van der Waals surface area (Å²) in [5.74, 6) is -0.150. The number of likely N-dealkylation sites (tertiary alicyclic amines) is 1. The van der Waals surface area contributed by atoms with Gasteiger partial charge in [0.15, 0.2) is 15.5 Å². The van der Waals surface area contributed by atoms with Crippen LogP contribution in [0.2, 0.25) is 0 Å². The molecule has 2 aliphatic rings. The molecule has 1 saturated carbocycles. The van der Waals surface area contributed by atoms with Gasteiger partial charge in [0.05, 0.1) is 10.9 Å². The van der Waals surface area contributed by atoms with E-state index in [0.717, 1.165) is 12.8 Å². The number of benzene rings is 1. The zero-order valence-corrected chi connectivity index (χ0v) is 17.8. The highest BCUT2D eigenvalue weighted by molar-refractivity contribution is 7.91. The number of anilines is 1. The number of halogens is 1. The Balaban J connectivity index is 1.36. The van der Waals surface area contributed by atoms with Crippen LogP contribution >= 0.6 is 0 Å². The third kappa shape index (κ3) is 4.05. The number of nitrogens with one attached hydrogen (secondary N) is 1. The molecule has 2 aromatic heterocycles. The van der Waals surface area contributed by atoms with Gasteiger partial charge in [-0.15, -0.1) is 5.10 Å². The van der Waals surface area contributed by atoms with Gasteiger partial charge in [0, 0.05) is 42.9 Å². The topological polar surface area (TPSA) is 96.7 Å². The molecule has 1 aromatic carbocycles. The van der Waals surface area contributed by atoms with Crippen LogP contribution in [0.25, 0.3) is 16.9 Å². The Kier molecular flexibility index (Phi) is 4.78. The smallest absolute Gasteiger partial charge is 0.249 e. The van der Waals surface area contributed by atoms with Gasteiger partial charge in [-0.05, 0) is 31.0 Å². The lowest BCUT2D eigenvalue weighted by Gasteiger charge is -2.38. The Bertz CT molecular complexity index is 1280. The quantitative estimate of drug-likeness (QED) is 0.627. The molecule has 1 aliphatic heterocycles. The van der Waals surface area contributed by atoms with Crippen LogP contribution in [0.4, 0.5) is 10.3 Å². The van der Waals surface area contributed by atoms with Crippen LogP contribution in [0, 0.1) is 11.7 Å². The summed E-state index contributed by atoms with van der Waals surface area (Å²) in [7, 11) is -3.05. The maximum atomic E-state index is 14.8. The minimum absolute atomic E-state index is 0.0480. The summed E-state index contributed by atoms with van der Waals surface area (Å²) < 4.78 is 39.5. The third-order valence-electron chi connectivity index (χ3n) is 5.81. The number of nitrogens with zero attached hydrogens (tertiary/aromatic N) is 4. The SMILES string of the molecule is CS(=O)(=O)C1CN(Cc2ccc(-c3cccc4nc(NC(=O)C5CC5)nn34)cc2F)C1. The minimum Gasteiger partial charge on any atom is -0.296 e. The first-order valence-electron chi connectivity index (χ1n) is 10.1. The first-order valence-corrected chi connectivity index (χ1v) is 12.1. The first-order chi connectivity index (χ1) is 14.8. The van der Waals surface area contributed by atoms with Gasteiger partial charge >= 0.3 is 0 Å². The van der Waals surface area contributed by atoms with Gasteiger partial charge in [-0.3, -0.25) is 15.0 Å². The largest absolute Gasteiger partial charge is 0.296 e. The van der Waals surface area contributed by atoms with Crippen molar-refractivity contribution < 1.29 is 17.6 Å². The van der Waals surface area contributed by atoms with Crippen molar-refractivity contribution in [3.63, 3.8) is 0 Å². The number of carbonyl (C=O) groups excluding carboxylic acids is 1. The molecule has 8 nitrogen and oxygen atoms in total. The van der Waals surface area contributed by atoms with Crippen molar-refractivity contribution in [1.82, 2.24) is 19.5 Å². The second kappa shape index (κ2) is 7.38. The normalized spacial score (nSPS) is 17.6. The van der Waals surface area contributed by atoms with Gasteiger partial charge in [-0.2, -0.15) is 4.98 Å². The van der Waals surface area contributed by atoms with Gasteiger partial charge in [0.1, 0.15) is 5.82 Å². The Morgan fingerprint density at radius 3 is 2.68 bits per heavy atom. The predicted octanol–water partition coefficient (Wildman–Crippen LogP) is 2.11. The molecule has 162 valence electrons. The maximum absolute atomic E-state index is 14.8. The third-order valence-corrected chi connectivity index (χ3v) is 7.32. The minimum atomic E-state index is -3.05. The number of hydrogen-bond donors (Lipinski definition) is 1. The number of aromatic nitrogens is 3. The molecular weight excluding hydrogens is 421 g/mol. The molecule has 31 heavy (non-hydrogen) atoms. The zero-order valence-electron chi connectivity index (χ0n) is 17.0. The Morgan fingerprint density at radius 1 is 1.23 bits per heavy atom. The van der Waals surface area contributed by atoms with Crippen LogP contribution in [0.15, 0.2) is 36.4 Å². The van der Waals surface area contributed by atoms with E-state index in [0.29, 0.717) is 42.1 Å². The number of amides is 1. The average molecular weight is 444 g/mol. The van der Waals surface area contributed by atoms with E-state index in [9.17, 15) is 17.6 Å². The number of carbonyl (C=O) groups is 1. The number of pyridine rings is 1. The molecule has 0 unspecified atom stereocenters. The second-order valence-electron chi connectivity index (χ2n) is 8.33. The molecule has 1 N–H and O–H groups in total. The van der Waals surface area contributed by atoms with Gasteiger partial charge in [0.2, 0.25) is 11.9 Å². The van der Waals surface area contributed by atoms with Crippen molar-refractivity contribution in [3.05, 3.63) is 47.8 Å². The summed E-state index contributed by atoms with van der Waals surface area (Å²) in [6.07, 6.45) is 3.02. The maximum Gasteiger partial charge on any atom is 0.249 e. The second-order valence-corrected chi connectivity index (χ2v) is 10.7. The predicted molar refractivity (Wildman–Crippen MR) is 114 cm³/mol. The standard InChI is InChI=1S/C21H22FN5O3S/c1-31(29,30)16-11-26(12-16)10-15-8-7-14(9-17(15)22)18-3-2-4-19-23-21(25-27(18)19)24-20(28)13-5-6-13/h2-4,7-9,13,16H,5-6,10-12H2,1H3,(H,24,25,28). The summed E-state index contributed by atoms with van der Waals surface area (Å²) in [6, 6.07) is 10.4. The molecular formula is C21H22FN5O3S. The van der Waals surface area contributed by atoms with Gasteiger partial charge in [-0.25, -0.2) is 17.3 Å². The fraction of sp³-hybridized carbons (Fsp3) is 0.381. The van der Waals surface area contributed by atoms with Gasteiger partial charge in [0.25, 0.3) is 0 Å². The summed E-state index contributed by atoms with van der Waals surface area (Å²) in [5, 5.41) is 6.75. The van der Waals surface area contributed by atoms with Crippen LogP contribution < -0.4 is 5.32 Å². The van der Waals surface area contributed by atoms with Crippen LogP contribution in [0.3, 0.4) is 0 Å². The molecule has 0 atom stereocenters. The molecule has 10 heteroatoms. The highest BCUT2D eigenvalue weighted by atomic mass is 32.2. The van der Waals surface area contributed by atoms with Crippen molar-refractivity contribution in [3.8, 4) is 11.3 Å². The summed E-state index contributed by atoms with van der Waals surface area (Å²) in [6.45, 7) is 1.21. The number of fused-ring (bicyclic) bond motifs is 1. The Morgan fingerprint density at radius 2 is 2.00 bits per heavy atom. The van der Waals surface area contributed by atoms with Crippen LogP contribution in [0.5, 0.6) is 0 Å². The lowest BCUT2D eigenvalue weighted by molar-refractivity contribution is -0.117. The Hall–Kier alpha value is -2.85. The summed E-state index contributed by atoms with van der Waals surface area (Å²) in [4.78, 5) is 18.3. The molecule has 0 spiro atoms. The van der Waals surface area contributed by atoms with Crippen molar-refractivity contribution in [2.24, 2.45) is 5.92 Å². The molecule has 3 aromatic rings. The number of rotatable bonds is 6. The molecule has 1 saturated heterocycles. The van der Waals surface area contributed by atoms with Crippen molar-refractivity contribution in [2.45, 2.75) is 24.6 Å². The van der Waals surface area contributed by atoms with E-state index in [1.807, 2.05) is 23.1 Å². The lowest BCUT2D eigenvalue weighted by Crippen LogP contribution is -2.53. The zero-order chi connectivity index (χ0) is 21.8. The fourth-order valence-corrected chi connectivity index (χ4v) is 4.70. The fourth-order valence-electron chi connectivity index (χ4n) is 3.73. The van der Waals surface area contributed by atoms with Crippen molar-refractivity contribution in [1.29, 1.82) is 0 Å².